The van der Waals surface area contributed by atoms with Gasteiger partial charge < -0.3 is 0 Å². The summed E-state index contributed by atoms with van der Waals surface area (Å²) >= 11 is 4.21. The molecule has 0 saturated heterocycles. The minimum atomic E-state index is -0.193. The summed E-state index contributed by atoms with van der Waals surface area (Å²) in [7, 11) is 0. The summed E-state index contributed by atoms with van der Waals surface area (Å²) in [5.41, 5.74) is 4.47. The van der Waals surface area contributed by atoms with Crippen LogP contribution >= 0.6 is 34.9 Å². The van der Waals surface area contributed by atoms with Crippen molar-refractivity contribution in [3.8, 4) is 0 Å². The highest BCUT2D eigenvalue weighted by atomic mass is 32.2. The molecule has 1 amide bonds. The van der Waals surface area contributed by atoms with Crippen molar-refractivity contribution in [3.05, 3.63) is 30.1 Å². The molecular formula is C17H21N9OS3. The van der Waals surface area contributed by atoms with Crippen molar-refractivity contribution >= 4 is 57.6 Å². The maximum atomic E-state index is 12.1. The molecule has 13 heteroatoms. The van der Waals surface area contributed by atoms with Crippen LogP contribution in [0.4, 0.5) is 11.1 Å². The molecule has 3 heterocycles. The number of pyridine rings is 1. The molecule has 3 rings (SSSR count). The second-order valence-electron chi connectivity index (χ2n) is 6.43. The summed E-state index contributed by atoms with van der Waals surface area (Å²) in [6.45, 7) is 6.15. The summed E-state index contributed by atoms with van der Waals surface area (Å²) < 4.78 is 0.846. The van der Waals surface area contributed by atoms with Crippen LogP contribution in [0.5, 0.6) is 0 Å². The maximum Gasteiger partial charge on any atom is 0.240 e. The molecule has 3 N–H and O–H groups in total. The Morgan fingerprint density at radius 1 is 1.33 bits per heavy atom. The Morgan fingerprint density at radius 3 is 2.97 bits per heavy atom. The number of H-pyrrole nitrogens is 1. The molecule has 0 fully saturated rings. The highest BCUT2D eigenvalue weighted by Crippen LogP contribution is 2.27. The van der Waals surface area contributed by atoms with Gasteiger partial charge in [-0.2, -0.15) is 10.1 Å². The fourth-order valence-electron chi connectivity index (χ4n) is 1.98. The van der Waals surface area contributed by atoms with Crippen LogP contribution in [0.25, 0.3) is 0 Å². The van der Waals surface area contributed by atoms with Crippen LogP contribution in [-0.2, 0) is 4.79 Å². The van der Waals surface area contributed by atoms with E-state index in [1.807, 2.05) is 19.1 Å². The number of hydrogen-bond acceptors (Lipinski definition) is 11. The van der Waals surface area contributed by atoms with Crippen LogP contribution in [0.2, 0.25) is 0 Å². The summed E-state index contributed by atoms with van der Waals surface area (Å²) in [5.74, 6) is 1.88. The smallest absolute Gasteiger partial charge is 0.240 e. The zero-order valence-electron chi connectivity index (χ0n) is 16.6. The van der Waals surface area contributed by atoms with Gasteiger partial charge in [0.2, 0.25) is 22.1 Å². The van der Waals surface area contributed by atoms with Crippen LogP contribution in [0.15, 0.2) is 39.1 Å². The van der Waals surface area contributed by atoms with Crippen molar-refractivity contribution in [3.63, 3.8) is 0 Å². The van der Waals surface area contributed by atoms with Crippen LogP contribution in [0.1, 0.15) is 26.3 Å². The summed E-state index contributed by atoms with van der Waals surface area (Å²) in [6, 6.07) is 3.76. The number of nitrogens with zero attached hydrogens (tertiary/aromatic N) is 6. The lowest BCUT2D eigenvalue weighted by molar-refractivity contribution is -0.113. The van der Waals surface area contributed by atoms with Gasteiger partial charge in [-0.15, -0.1) is 15.3 Å². The molecule has 0 spiro atoms. The first-order valence-corrected chi connectivity index (χ1v) is 11.8. The number of anilines is 2. The van der Waals surface area contributed by atoms with Crippen molar-refractivity contribution in [2.45, 2.75) is 30.3 Å². The van der Waals surface area contributed by atoms with Crippen LogP contribution in [0, 0.1) is 5.92 Å². The number of thioether (sulfide) groups is 2. The zero-order chi connectivity index (χ0) is 21.3. The van der Waals surface area contributed by atoms with Gasteiger partial charge in [0, 0.05) is 23.7 Å². The minimum Gasteiger partial charge on any atom is -0.300 e. The average Bonchev–Trinajstić information content (AvgIpc) is 3.39. The number of carbonyl (C=O) groups excluding carboxylic acids is 1. The van der Waals surface area contributed by atoms with E-state index in [0.717, 1.165) is 21.4 Å². The number of nitrogens with one attached hydrogen (secondary N) is 3. The first kappa shape index (κ1) is 22.2. The molecule has 0 radical (unpaired) electrons. The van der Waals surface area contributed by atoms with Gasteiger partial charge in [0.1, 0.15) is 0 Å². The molecule has 0 aliphatic rings. The molecule has 158 valence electrons. The molecule has 3 aromatic heterocycles. The predicted octanol–water partition coefficient (Wildman–Crippen LogP) is 3.37. The molecule has 3 aromatic rings. The third-order valence-electron chi connectivity index (χ3n) is 3.40. The second-order valence-corrected chi connectivity index (χ2v) is 9.62. The van der Waals surface area contributed by atoms with Gasteiger partial charge in [-0.05, 0) is 18.9 Å². The third-order valence-corrected chi connectivity index (χ3v) is 6.65. The molecule has 30 heavy (non-hydrogen) atoms. The minimum absolute atomic E-state index is 0.156. The number of aromatic nitrogens is 6. The fourth-order valence-corrected chi connectivity index (χ4v) is 4.32. The average molecular weight is 464 g/mol. The quantitative estimate of drug-likeness (QED) is 0.179. The van der Waals surface area contributed by atoms with Gasteiger partial charge in [-0.25, -0.2) is 10.5 Å². The van der Waals surface area contributed by atoms with E-state index in [1.165, 1.54) is 23.1 Å². The van der Waals surface area contributed by atoms with Crippen LogP contribution in [-0.4, -0.2) is 53.5 Å². The van der Waals surface area contributed by atoms with Gasteiger partial charge in [0.25, 0.3) is 0 Å². The van der Waals surface area contributed by atoms with E-state index in [-0.39, 0.29) is 11.7 Å². The van der Waals surface area contributed by atoms with E-state index in [2.05, 4.69) is 60.1 Å². The number of amides is 1. The van der Waals surface area contributed by atoms with Gasteiger partial charge in [-0.3, -0.25) is 15.1 Å². The molecule has 0 atom stereocenters. The lowest BCUT2D eigenvalue weighted by Gasteiger charge is -2.00. The number of hydrazone groups is 1. The van der Waals surface area contributed by atoms with Crippen molar-refractivity contribution in [2.75, 3.05) is 22.2 Å². The number of hydrogen-bond donors (Lipinski definition) is 3. The first-order valence-electron chi connectivity index (χ1n) is 9.01. The monoisotopic (exact) mass is 463 g/mol. The normalized spacial score (nSPS) is 11.7. The van der Waals surface area contributed by atoms with Crippen LogP contribution < -0.4 is 10.7 Å². The van der Waals surface area contributed by atoms with Crippen molar-refractivity contribution in [2.24, 2.45) is 11.0 Å². The fraction of sp³-hybridized carbons (Fsp3) is 0.353. The predicted molar refractivity (Wildman–Crippen MR) is 121 cm³/mol. The summed E-state index contributed by atoms with van der Waals surface area (Å²) in [6.07, 6.45) is 3.43. The SMILES string of the molecule is C/C(=N\Nc1nc(SCC(=O)Nc2nnc(SCC(C)C)s2)n[nH]1)c1cccnc1. The largest absolute Gasteiger partial charge is 0.300 e. The van der Waals surface area contributed by atoms with Crippen LogP contribution in [0.3, 0.4) is 0 Å². The Morgan fingerprint density at radius 2 is 2.20 bits per heavy atom. The van der Waals surface area contributed by atoms with Crippen molar-refractivity contribution in [1.82, 2.24) is 30.4 Å². The standard InChI is InChI=1S/C17H21N9OS3/c1-10(2)8-29-17-26-25-16(30-17)19-13(27)9-28-15-20-14(23-24-15)22-21-11(3)12-5-4-6-18-7-12/h4-7,10H,8-9H2,1-3H3,(H,19,25,27)(H2,20,22,23,24)/b21-11+. The van der Waals surface area contributed by atoms with Gasteiger partial charge >= 0.3 is 0 Å². The topological polar surface area (TPSA) is 134 Å². The number of carbonyl (C=O) groups is 1. The lowest BCUT2D eigenvalue weighted by Crippen LogP contribution is -2.13. The van der Waals surface area contributed by atoms with Crippen molar-refractivity contribution < 1.29 is 4.79 Å². The molecule has 0 aliphatic heterocycles. The van der Waals surface area contributed by atoms with Crippen molar-refractivity contribution in [1.29, 1.82) is 0 Å². The Bertz CT molecular complexity index is 987. The first-order chi connectivity index (χ1) is 14.5. The van der Waals surface area contributed by atoms with Gasteiger partial charge in [-0.1, -0.05) is 54.8 Å². The molecule has 0 unspecified atom stereocenters. The lowest BCUT2D eigenvalue weighted by atomic mass is 10.2. The van der Waals surface area contributed by atoms with E-state index in [1.54, 1.807) is 24.2 Å². The van der Waals surface area contributed by atoms with Gasteiger partial charge in [0.15, 0.2) is 4.34 Å². The molecule has 0 saturated carbocycles. The highest BCUT2D eigenvalue weighted by Gasteiger charge is 2.11. The second kappa shape index (κ2) is 11.0. The van der Waals surface area contributed by atoms with E-state index < -0.39 is 0 Å². The zero-order valence-corrected chi connectivity index (χ0v) is 19.1. The molecule has 10 nitrogen and oxygen atoms in total. The maximum absolute atomic E-state index is 12.1. The number of rotatable bonds is 10. The Hall–Kier alpha value is -2.51. The Balaban J connectivity index is 1.44. The molecule has 0 bridgehead atoms. The summed E-state index contributed by atoms with van der Waals surface area (Å²) in [4.78, 5) is 20.4. The molecular weight excluding hydrogens is 442 g/mol. The van der Waals surface area contributed by atoms with E-state index in [4.69, 9.17) is 0 Å². The van der Waals surface area contributed by atoms with E-state index >= 15 is 0 Å². The molecule has 0 aliphatic carbocycles. The summed E-state index contributed by atoms with van der Waals surface area (Å²) in [5, 5.41) is 22.8. The van der Waals surface area contributed by atoms with E-state index in [9.17, 15) is 4.79 Å². The molecule has 0 aromatic carbocycles. The highest BCUT2D eigenvalue weighted by molar-refractivity contribution is 8.01. The third kappa shape index (κ3) is 7.07. The van der Waals surface area contributed by atoms with Gasteiger partial charge in [0.05, 0.1) is 11.5 Å². The van der Waals surface area contributed by atoms with E-state index in [0.29, 0.717) is 22.2 Å². The Kier molecular flexibility index (Phi) is 8.16. The Labute approximate surface area is 186 Å². The number of aromatic amines is 1.